The molecule has 242 valence electrons. The molecular formula is C27H28F4N12O3. The maximum Gasteiger partial charge on any atom is 0.387 e. The number of benzene rings is 1. The second kappa shape index (κ2) is 13.1. The molecule has 0 saturated carbocycles. The molecule has 1 N–H and O–H groups in total. The molecule has 1 aliphatic rings. The molecule has 46 heavy (non-hydrogen) atoms. The largest absolute Gasteiger partial charge is 0.435 e. The molecule has 19 heteroatoms. The molecule has 0 aliphatic carbocycles. The van der Waals surface area contributed by atoms with E-state index in [0.717, 1.165) is 31.3 Å². The Labute approximate surface area is 258 Å². The van der Waals surface area contributed by atoms with Crippen LogP contribution in [0.2, 0.25) is 0 Å². The van der Waals surface area contributed by atoms with Gasteiger partial charge < -0.3 is 19.7 Å². The van der Waals surface area contributed by atoms with E-state index < -0.39 is 19.1 Å². The van der Waals surface area contributed by atoms with Crippen molar-refractivity contribution in [2.45, 2.75) is 32.4 Å². The smallest absolute Gasteiger partial charge is 0.387 e. The molecule has 15 nitrogen and oxygen atoms in total. The van der Waals surface area contributed by atoms with E-state index in [0.29, 0.717) is 19.1 Å². The lowest BCUT2D eigenvalue weighted by molar-refractivity contribution is -0.0526. The third kappa shape index (κ3) is 6.89. The second-order valence-electron chi connectivity index (χ2n) is 10.6. The van der Waals surface area contributed by atoms with E-state index >= 15 is 0 Å². The fraction of sp³-hybridized carbons (Fsp3) is 0.370. The highest BCUT2D eigenvalue weighted by Gasteiger charge is 2.27. The Morgan fingerprint density at radius 1 is 1.15 bits per heavy atom. The number of nitrogens with zero attached hydrogens (tertiary/aromatic N) is 11. The van der Waals surface area contributed by atoms with E-state index in [1.54, 1.807) is 12.3 Å². The monoisotopic (exact) mass is 644 g/mol. The first-order valence-corrected chi connectivity index (χ1v) is 14.0. The molecular weight excluding hydrogens is 616 g/mol. The molecule has 0 radical (unpaired) electrons. The van der Waals surface area contributed by atoms with Gasteiger partial charge in [-0.25, -0.2) is 9.50 Å². The summed E-state index contributed by atoms with van der Waals surface area (Å²) in [5, 5.41) is 23.9. The van der Waals surface area contributed by atoms with Crippen LogP contribution in [0.3, 0.4) is 0 Å². The standard InChI is InChI=1S/C27H28F4N12O3/c1-39-12-16(13-39)40(2)8-9-43-36-22(35-38-43)15-41-14-20(34-25(44)19-11-33-42-7-3-6-32-24(19)42)23(37-41)18-10-17(45-26(28)29)4-5-21(18)46-27(30)31/h3-7,10-11,14,16,26-27H,8-9,12-13,15H2,1-2H3,(H,34,44). The number of alkyl halides is 4. The van der Waals surface area contributed by atoms with Gasteiger partial charge in [-0.15, -0.1) is 10.2 Å². The topological polar surface area (TPSA) is 146 Å². The van der Waals surface area contributed by atoms with Crippen molar-refractivity contribution in [1.29, 1.82) is 0 Å². The summed E-state index contributed by atoms with van der Waals surface area (Å²) in [6, 6.07) is 5.26. The number of likely N-dealkylation sites (N-methyl/N-ethyl adjacent to an activating group) is 2. The first-order valence-electron chi connectivity index (χ1n) is 14.0. The average molecular weight is 645 g/mol. The summed E-state index contributed by atoms with van der Waals surface area (Å²) in [5.41, 5.74) is 0.188. The van der Waals surface area contributed by atoms with Gasteiger partial charge in [-0.1, -0.05) is 0 Å². The Morgan fingerprint density at radius 3 is 2.72 bits per heavy atom. The van der Waals surface area contributed by atoms with Crippen molar-refractivity contribution < 1.29 is 31.8 Å². The van der Waals surface area contributed by atoms with Crippen molar-refractivity contribution in [3.05, 3.63) is 60.4 Å². The Hall–Kier alpha value is -5.17. The maximum atomic E-state index is 13.4. The molecule has 1 aromatic carbocycles. The number of halogens is 4. The minimum Gasteiger partial charge on any atom is -0.435 e. The van der Waals surface area contributed by atoms with Crippen LogP contribution >= 0.6 is 0 Å². The summed E-state index contributed by atoms with van der Waals surface area (Å²) in [6.45, 7) is -3.27. The predicted molar refractivity (Wildman–Crippen MR) is 153 cm³/mol. The van der Waals surface area contributed by atoms with Crippen LogP contribution in [0.5, 0.6) is 11.5 Å². The summed E-state index contributed by atoms with van der Waals surface area (Å²) in [4.78, 5) is 23.5. The van der Waals surface area contributed by atoms with E-state index in [1.165, 1.54) is 32.6 Å². The number of tetrazole rings is 1. The number of nitrogens with one attached hydrogen (secondary N) is 1. The Balaban J connectivity index is 1.30. The number of hydrogen-bond acceptors (Lipinski definition) is 11. The van der Waals surface area contributed by atoms with Gasteiger partial charge in [0, 0.05) is 44.3 Å². The third-order valence-corrected chi connectivity index (χ3v) is 7.30. The highest BCUT2D eigenvalue weighted by molar-refractivity contribution is 6.09. The molecule has 0 bridgehead atoms. The first-order chi connectivity index (χ1) is 22.1. The number of fused-ring (bicyclic) bond motifs is 1. The molecule has 1 fully saturated rings. The van der Waals surface area contributed by atoms with Crippen LogP contribution in [0.1, 0.15) is 16.2 Å². The number of rotatable bonds is 13. The average Bonchev–Trinajstić information content (AvgIpc) is 3.73. The van der Waals surface area contributed by atoms with Gasteiger partial charge in [0.05, 0.1) is 24.0 Å². The molecule has 0 atom stereocenters. The van der Waals surface area contributed by atoms with Crippen LogP contribution in [-0.4, -0.2) is 113 Å². The Morgan fingerprint density at radius 2 is 1.96 bits per heavy atom. The Bertz CT molecular complexity index is 1820. The number of aromatic nitrogens is 9. The second-order valence-corrected chi connectivity index (χ2v) is 10.6. The molecule has 1 aliphatic heterocycles. The van der Waals surface area contributed by atoms with E-state index in [9.17, 15) is 22.4 Å². The lowest BCUT2D eigenvalue weighted by Crippen LogP contribution is -2.56. The zero-order chi connectivity index (χ0) is 32.4. The van der Waals surface area contributed by atoms with Gasteiger partial charge in [0.15, 0.2) is 11.5 Å². The van der Waals surface area contributed by atoms with E-state index in [-0.39, 0.29) is 52.0 Å². The normalized spacial score (nSPS) is 14.0. The molecule has 5 aromatic rings. The van der Waals surface area contributed by atoms with E-state index in [4.69, 9.17) is 0 Å². The molecule has 0 spiro atoms. The van der Waals surface area contributed by atoms with Gasteiger partial charge >= 0.3 is 13.2 Å². The van der Waals surface area contributed by atoms with Gasteiger partial charge in [-0.3, -0.25) is 14.4 Å². The number of carbonyl (C=O) groups excluding carboxylic acids is 1. The Kier molecular flexibility index (Phi) is 8.75. The highest BCUT2D eigenvalue weighted by atomic mass is 19.3. The molecule has 1 amide bonds. The number of ether oxygens (including phenoxy) is 2. The fourth-order valence-electron chi connectivity index (χ4n) is 4.99. The summed E-state index contributed by atoms with van der Waals surface area (Å²) >= 11 is 0. The maximum absolute atomic E-state index is 13.4. The minimum atomic E-state index is -3.24. The number of carbonyl (C=O) groups is 1. The lowest BCUT2D eigenvalue weighted by Gasteiger charge is -2.41. The molecule has 1 saturated heterocycles. The summed E-state index contributed by atoms with van der Waals surface area (Å²) in [7, 11) is 4.10. The van der Waals surface area contributed by atoms with Crippen molar-refractivity contribution in [1.82, 2.24) is 54.4 Å². The van der Waals surface area contributed by atoms with E-state index in [1.807, 2.05) is 7.05 Å². The van der Waals surface area contributed by atoms with Crippen molar-refractivity contribution >= 4 is 17.2 Å². The molecule has 5 heterocycles. The molecule has 4 aromatic heterocycles. The van der Waals surface area contributed by atoms with E-state index in [2.05, 4.69) is 62.2 Å². The van der Waals surface area contributed by atoms with Crippen molar-refractivity contribution in [3.63, 3.8) is 0 Å². The summed E-state index contributed by atoms with van der Waals surface area (Å²) in [6.07, 6.45) is 5.83. The lowest BCUT2D eigenvalue weighted by atomic mass is 10.1. The van der Waals surface area contributed by atoms with Crippen molar-refractivity contribution in [3.8, 4) is 22.8 Å². The number of likely N-dealkylation sites (tertiary alicyclic amines) is 1. The van der Waals surface area contributed by atoms with Gasteiger partial charge in [0.2, 0.25) is 0 Å². The van der Waals surface area contributed by atoms with Gasteiger partial charge in [-0.2, -0.15) is 32.6 Å². The zero-order valence-corrected chi connectivity index (χ0v) is 24.5. The van der Waals surface area contributed by atoms with Gasteiger partial charge in [0.25, 0.3) is 5.91 Å². The number of amides is 1. The van der Waals surface area contributed by atoms with Crippen LogP contribution in [0.4, 0.5) is 23.2 Å². The number of anilines is 1. The van der Waals surface area contributed by atoms with Crippen LogP contribution in [0.25, 0.3) is 16.9 Å². The molecule has 0 unspecified atom stereocenters. The quantitative estimate of drug-likeness (QED) is 0.189. The van der Waals surface area contributed by atoms with Gasteiger partial charge in [-0.05, 0) is 43.6 Å². The summed E-state index contributed by atoms with van der Waals surface area (Å²) in [5.74, 6) is -1.09. The SMILES string of the molecule is CN1CC(N(C)CCn2nnc(Cn3cc(NC(=O)c4cnn5cccnc45)c(-c4cc(OC(F)F)ccc4OC(F)F)n3)n2)C1. The minimum absolute atomic E-state index is 0.0251. The van der Waals surface area contributed by atoms with Crippen LogP contribution in [0, 0.1) is 0 Å². The fourth-order valence-corrected chi connectivity index (χ4v) is 4.99. The third-order valence-electron chi connectivity index (χ3n) is 7.30. The van der Waals surface area contributed by atoms with Crippen molar-refractivity contribution in [2.24, 2.45) is 0 Å². The zero-order valence-electron chi connectivity index (χ0n) is 24.5. The van der Waals surface area contributed by atoms with Crippen LogP contribution in [0.15, 0.2) is 49.1 Å². The summed E-state index contributed by atoms with van der Waals surface area (Å²) < 4.78 is 64.7. The predicted octanol–water partition coefficient (Wildman–Crippen LogP) is 2.33. The van der Waals surface area contributed by atoms with Crippen LogP contribution in [-0.2, 0) is 13.1 Å². The van der Waals surface area contributed by atoms with Gasteiger partial charge in [0.1, 0.15) is 29.3 Å². The highest BCUT2D eigenvalue weighted by Crippen LogP contribution is 2.38. The molecule has 6 rings (SSSR count). The van der Waals surface area contributed by atoms with Crippen molar-refractivity contribution in [2.75, 3.05) is 39.0 Å². The number of hydrogen-bond donors (Lipinski definition) is 1. The van der Waals surface area contributed by atoms with Crippen LogP contribution < -0.4 is 14.8 Å². The first kappa shape index (κ1) is 30.8.